The van der Waals surface area contributed by atoms with Gasteiger partial charge in [0.05, 0.1) is 28.1 Å². The molecule has 0 unspecified atom stereocenters. The van der Waals surface area contributed by atoms with Crippen molar-refractivity contribution < 1.29 is 0 Å². The van der Waals surface area contributed by atoms with Gasteiger partial charge in [0.2, 0.25) is 0 Å². The molecule has 0 bridgehead atoms. The highest BCUT2D eigenvalue weighted by Gasteiger charge is 2.37. The second-order valence-electron chi connectivity index (χ2n) is 14.3. The minimum absolute atomic E-state index is 1.09. The average Bonchev–Trinajstić information content (AvgIpc) is 3.81. The number of nitrogens with zero attached hydrogens (tertiary/aromatic N) is 4. The van der Waals surface area contributed by atoms with Crippen LogP contribution in [0, 0.1) is 0 Å². The number of benzene rings is 8. The molecule has 57 heavy (non-hydrogen) atoms. The van der Waals surface area contributed by atoms with Gasteiger partial charge in [0.25, 0.3) is 0 Å². The predicted molar refractivity (Wildman–Crippen MR) is 237 cm³/mol. The van der Waals surface area contributed by atoms with Crippen LogP contribution in [-0.4, -0.2) is 9.69 Å². The first-order valence-corrected chi connectivity index (χ1v) is 21.0. The van der Waals surface area contributed by atoms with E-state index in [0.717, 1.165) is 22.7 Å². The van der Waals surface area contributed by atoms with E-state index in [-0.39, 0.29) is 0 Å². The molecule has 0 spiro atoms. The maximum atomic E-state index is 2.42. The molecule has 5 heteroatoms. The molecule has 3 heterocycles. The molecular weight excluding hydrogens is 713 g/mol. The van der Waals surface area contributed by atoms with Gasteiger partial charge in [-0.3, -0.25) is 0 Å². The zero-order chi connectivity index (χ0) is 37.8. The Morgan fingerprint density at radius 3 is 1.58 bits per heavy atom. The van der Waals surface area contributed by atoms with Crippen molar-refractivity contribution in [1.29, 1.82) is 0 Å². The largest absolute Gasteiger partial charge is 0.309 e. The second-order valence-corrected chi connectivity index (χ2v) is 17.4. The molecule has 272 valence electrons. The van der Waals surface area contributed by atoms with E-state index in [1.807, 2.05) is 0 Å². The van der Waals surface area contributed by atoms with Crippen LogP contribution < -0.4 is 10.0 Å². The smallest absolute Gasteiger partial charge is 0.0923 e. The zero-order valence-corrected chi connectivity index (χ0v) is 32.0. The normalized spacial score (nSPS) is 13.6. The Balaban J connectivity index is 1.11. The number of fused-ring (bicyclic) bond motifs is 6. The fraction of sp³-hybridized carbons (Fsp3) is 0. The summed E-state index contributed by atoms with van der Waals surface area (Å²) in [4.78, 5) is 5.14. The minimum atomic E-state index is -1.97. The van der Waals surface area contributed by atoms with Crippen molar-refractivity contribution in [2.24, 2.45) is 0 Å². The summed E-state index contributed by atoms with van der Waals surface area (Å²) in [5, 5.41) is 9.32. The van der Waals surface area contributed by atoms with E-state index < -0.39 is 10.0 Å². The zero-order valence-electron chi connectivity index (χ0n) is 31.1. The summed E-state index contributed by atoms with van der Waals surface area (Å²) in [5.41, 5.74) is 9.25. The third-order valence-corrected chi connectivity index (χ3v) is 15.0. The summed E-state index contributed by atoms with van der Waals surface area (Å²) in [7, 11) is -1.97. The number of para-hydroxylation sites is 2. The SMILES string of the molecule is C1=CN2c3cc(-n4c5ccccc5c5ccccc54)ccc3N(c3cccc(S(c4ccccc4)(c4ccccc4)c4cccc(-c5ccccc5)c4)c3)N2C=C1. The van der Waals surface area contributed by atoms with Crippen molar-refractivity contribution in [1.82, 2.24) is 9.69 Å². The molecule has 4 nitrogen and oxygen atoms in total. The fourth-order valence-electron chi connectivity index (χ4n) is 8.70. The lowest BCUT2D eigenvalue weighted by Gasteiger charge is -2.43. The molecule has 2 aliphatic heterocycles. The topological polar surface area (TPSA) is 14.7 Å². The molecule has 0 radical (unpaired) electrons. The van der Waals surface area contributed by atoms with Gasteiger partial charge in [-0.2, -0.15) is 5.12 Å². The number of hydrogen-bond donors (Lipinski definition) is 0. The van der Waals surface area contributed by atoms with Crippen molar-refractivity contribution in [3.8, 4) is 16.8 Å². The molecule has 0 aliphatic carbocycles. The number of hydrazine groups is 2. The van der Waals surface area contributed by atoms with Crippen LogP contribution in [0.4, 0.5) is 17.1 Å². The van der Waals surface area contributed by atoms with E-state index >= 15 is 0 Å². The van der Waals surface area contributed by atoms with Crippen molar-refractivity contribution in [2.45, 2.75) is 19.6 Å². The van der Waals surface area contributed by atoms with E-state index in [0.29, 0.717) is 0 Å². The van der Waals surface area contributed by atoms with Crippen molar-refractivity contribution in [2.75, 3.05) is 10.0 Å². The summed E-state index contributed by atoms with van der Waals surface area (Å²) >= 11 is 0. The van der Waals surface area contributed by atoms with Gasteiger partial charge in [-0.05, 0) is 108 Å². The molecule has 2 aliphatic rings. The summed E-state index contributed by atoms with van der Waals surface area (Å²) < 4.78 is 2.39. The molecule has 0 saturated carbocycles. The van der Waals surface area contributed by atoms with Crippen LogP contribution in [0.2, 0.25) is 0 Å². The Kier molecular flexibility index (Phi) is 7.86. The van der Waals surface area contributed by atoms with Crippen LogP contribution in [0.15, 0.2) is 250 Å². The standard InChI is InChI=1S/C52H38N4S/c1-4-18-39(19-5-1)40-20-16-26-45(36-40)57(43-22-6-2-7-23-43,44-24-8-3-9-25-44)46-27-17-21-42(37-46)56-51-33-32-41(38-52(51)53-34-14-15-35-54(53)56)55-49-30-12-10-28-47(49)48-29-11-13-31-50(48)55/h1-38H. The lowest BCUT2D eigenvalue weighted by atomic mass is 10.1. The number of rotatable bonds is 7. The maximum Gasteiger partial charge on any atom is 0.0923 e. The molecule has 0 saturated heterocycles. The third kappa shape index (κ3) is 5.24. The predicted octanol–water partition coefficient (Wildman–Crippen LogP) is 13.9. The monoisotopic (exact) mass is 750 g/mol. The quantitative estimate of drug-likeness (QED) is 0.161. The third-order valence-electron chi connectivity index (χ3n) is 11.2. The lowest BCUT2D eigenvalue weighted by molar-refractivity contribution is 0.408. The van der Waals surface area contributed by atoms with Gasteiger partial charge in [-0.25, -0.2) is 10.0 Å². The summed E-state index contributed by atoms with van der Waals surface area (Å²) in [5.74, 6) is 0. The van der Waals surface area contributed by atoms with Crippen molar-refractivity contribution in [3.63, 3.8) is 0 Å². The van der Waals surface area contributed by atoms with Crippen LogP contribution in [0.1, 0.15) is 0 Å². The van der Waals surface area contributed by atoms with Crippen LogP contribution in [0.25, 0.3) is 38.6 Å². The number of aromatic nitrogens is 1. The Morgan fingerprint density at radius 2 is 0.895 bits per heavy atom. The van der Waals surface area contributed by atoms with Crippen molar-refractivity contribution >= 4 is 48.9 Å². The van der Waals surface area contributed by atoms with Crippen LogP contribution in [0.5, 0.6) is 0 Å². The van der Waals surface area contributed by atoms with Gasteiger partial charge < -0.3 is 4.57 Å². The Labute approximate surface area is 334 Å². The van der Waals surface area contributed by atoms with Crippen LogP contribution >= 0.6 is 10.0 Å². The molecule has 9 aromatic rings. The molecule has 1 aromatic heterocycles. The average molecular weight is 751 g/mol. The van der Waals surface area contributed by atoms with E-state index in [1.165, 1.54) is 52.5 Å². The Bertz CT molecular complexity index is 2900. The highest BCUT2D eigenvalue weighted by atomic mass is 32.3. The first kappa shape index (κ1) is 33.2. The molecule has 0 N–H and O–H groups in total. The lowest BCUT2D eigenvalue weighted by Crippen LogP contribution is -2.40. The second kappa shape index (κ2) is 13.5. The van der Waals surface area contributed by atoms with Gasteiger partial charge in [-0.15, -0.1) is 10.0 Å². The molecular formula is C52H38N4S. The molecule has 8 aromatic carbocycles. The molecule has 0 fully saturated rings. The van der Waals surface area contributed by atoms with E-state index in [4.69, 9.17) is 0 Å². The van der Waals surface area contributed by atoms with Gasteiger partial charge in [0.1, 0.15) is 0 Å². The number of anilines is 3. The Morgan fingerprint density at radius 1 is 0.351 bits per heavy atom. The van der Waals surface area contributed by atoms with Gasteiger partial charge in [0.15, 0.2) is 0 Å². The fourth-order valence-corrected chi connectivity index (χ4v) is 12.6. The number of allylic oxidation sites excluding steroid dienone is 2. The molecule has 0 amide bonds. The summed E-state index contributed by atoms with van der Waals surface area (Å²) in [6, 6.07) is 75.6. The van der Waals surface area contributed by atoms with E-state index in [9.17, 15) is 0 Å². The number of hydrogen-bond acceptors (Lipinski definition) is 3. The molecule has 11 rings (SSSR count). The summed E-state index contributed by atoms with van der Waals surface area (Å²) in [6.45, 7) is 0. The first-order chi connectivity index (χ1) is 28.3. The highest BCUT2D eigenvalue weighted by molar-refractivity contribution is 8.34. The maximum absolute atomic E-state index is 2.42. The first-order valence-electron chi connectivity index (χ1n) is 19.3. The highest BCUT2D eigenvalue weighted by Crippen LogP contribution is 2.74. The van der Waals surface area contributed by atoms with Crippen molar-refractivity contribution in [3.05, 3.63) is 231 Å². The minimum Gasteiger partial charge on any atom is -0.309 e. The molecule has 0 atom stereocenters. The summed E-state index contributed by atoms with van der Waals surface area (Å²) in [6.07, 6.45) is 8.50. The Hall–Kier alpha value is -7.21. The van der Waals surface area contributed by atoms with E-state index in [1.54, 1.807) is 0 Å². The van der Waals surface area contributed by atoms with Crippen LogP contribution in [0.3, 0.4) is 0 Å². The van der Waals surface area contributed by atoms with Gasteiger partial charge in [0, 0.05) is 48.4 Å². The van der Waals surface area contributed by atoms with Crippen LogP contribution in [-0.2, 0) is 0 Å². The van der Waals surface area contributed by atoms with Gasteiger partial charge >= 0.3 is 0 Å². The van der Waals surface area contributed by atoms with E-state index in [2.05, 4.69) is 251 Å². The van der Waals surface area contributed by atoms with Gasteiger partial charge in [-0.1, -0.05) is 121 Å².